The number of benzene rings is 2. The number of nitrogens with zero attached hydrogens (tertiary/aromatic N) is 4. The standard InChI is InChI=1S/C23H19N5O3/c1-30-23(31-2)21(14-25)20(13-24,18(26)27-23)22(21)16-10-6-7-11-17(16)28(19(22)29)12-15-8-4-3-5-9-15/h3-11H,12H2,1-2H3,(H2,26,27). The lowest BCUT2D eigenvalue weighted by atomic mass is 9.84. The summed E-state index contributed by atoms with van der Waals surface area (Å²) in [7, 11) is 2.65. The maximum absolute atomic E-state index is 14.2. The van der Waals surface area contributed by atoms with Gasteiger partial charge in [0.15, 0.2) is 10.8 Å². The Kier molecular flexibility index (Phi) is 3.67. The van der Waals surface area contributed by atoms with Crippen molar-refractivity contribution < 1.29 is 14.3 Å². The van der Waals surface area contributed by atoms with Gasteiger partial charge in [-0.2, -0.15) is 10.5 Å². The van der Waals surface area contributed by atoms with Gasteiger partial charge in [0.25, 0.3) is 5.91 Å². The summed E-state index contributed by atoms with van der Waals surface area (Å²) < 4.78 is 11.1. The molecule has 154 valence electrons. The van der Waals surface area contributed by atoms with Gasteiger partial charge in [0.2, 0.25) is 5.91 Å². The van der Waals surface area contributed by atoms with E-state index in [4.69, 9.17) is 15.2 Å². The van der Waals surface area contributed by atoms with Crippen molar-refractivity contribution in [2.24, 2.45) is 21.6 Å². The molecular formula is C23H19N5O3. The number of amides is 1. The van der Waals surface area contributed by atoms with E-state index in [2.05, 4.69) is 17.1 Å². The minimum absolute atomic E-state index is 0.134. The van der Waals surface area contributed by atoms with E-state index in [1.165, 1.54) is 14.2 Å². The molecule has 0 aromatic heterocycles. The number of ether oxygens (including phenoxy) is 2. The predicted molar refractivity (Wildman–Crippen MR) is 110 cm³/mol. The van der Waals surface area contributed by atoms with E-state index in [-0.39, 0.29) is 12.4 Å². The van der Waals surface area contributed by atoms with E-state index in [0.29, 0.717) is 11.3 Å². The van der Waals surface area contributed by atoms with Crippen molar-refractivity contribution in [1.82, 2.24) is 0 Å². The number of para-hydroxylation sites is 1. The molecule has 5 rings (SSSR count). The Morgan fingerprint density at radius 1 is 1.03 bits per heavy atom. The fraction of sp³-hybridized carbons (Fsp3) is 0.304. The third-order valence-corrected chi connectivity index (χ3v) is 6.99. The minimum Gasteiger partial charge on any atom is -0.386 e. The van der Waals surface area contributed by atoms with E-state index >= 15 is 0 Å². The van der Waals surface area contributed by atoms with Crippen LogP contribution in [-0.2, 0) is 26.2 Å². The first-order valence-corrected chi connectivity index (χ1v) is 9.72. The van der Waals surface area contributed by atoms with Crippen molar-refractivity contribution in [3.05, 3.63) is 65.7 Å². The first-order chi connectivity index (χ1) is 15.0. The number of rotatable bonds is 4. The smallest absolute Gasteiger partial charge is 0.293 e. The highest BCUT2D eigenvalue weighted by atomic mass is 16.7. The molecule has 31 heavy (non-hydrogen) atoms. The van der Waals surface area contributed by atoms with Crippen molar-refractivity contribution >= 4 is 17.4 Å². The van der Waals surface area contributed by atoms with Crippen LogP contribution in [0.15, 0.2) is 59.6 Å². The van der Waals surface area contributed by atoms with Gasteiger partial charge in [-0.1, -0.05) is 48.5 Å². The van der Waals surface area contributed by atoms with Crippen molar-refractivity contribution in [2.75, 3.05) is 19.1 Å². The van der Waals surface area contributed by atoms with Crippen molar-refractivity contribution in [3.8, 4) is 12.1 Å². The molecule has 8 nitrogen and oxygen atoms in total. The summed E-state index contributed by atoms with van der Waals surface area (Å²) in [6, 6.07) is 21.1. The number of fused-ring (bicyclic) bond motifs is 5. The lowest BCUT2D eigenvalue weighted by Crippen LogP contribution is -2.48. The Bertz CT molecular complexity index is 1230. The molecule has 1 amide bonds. The number of aliphatic imine (C=N–C) groups is 1. The van der Waals surface area contributed by atoms with Crippen LogP contribution in [0.25, 0.3) is 0 Å². The average molecular weight is 413 g/mol. The second-order valence-electron chi connectivity index (χ2n) is 7.85. The molecule has 0 saturated heterocycles. The second-order valence-corrected chi connectivity index (χ2v) is 7.85. The zero-order valence-electron chi connectivity index (χ0n) is 17.0. The number of carbonyl (C=O) groups is 1. The van der Waals surface area contributed by atoms with Gasteiger partial charge in [-0.15, -0.1) is 0 Å². The topological polar surface area (TPSA) is 125 Å². The first kappa shape index (κ1) is 19.3. The number of nitrogens with two attached hydrogens (primary N) is 1. The van der Waals surface area contributed by atoms with Crippen molar-refractivity contribution in [3.63, 3.8) is 0 Å². The van der Waals surface area contributed by atoms with E-state index in [9.17, 15) is 15.3 Å². The molecule has 8 heteroatoms. The number of anilines is 1. The van der Waals surface area contributed by atoms with Gasteiger partial charge >= 0.3 is 0 Å². The number of methoxy groups -OCH3 is 2. The fourth-order valence-corrected chi connectivity index (χ4v) is 5.79. The Balaban J connectivity index is 1.79. The molecule has 3 unspecified atom stereocenters. The molecule has 0 bridgehead atoms. The van der Waals surface area contributed by atoms with Crippen LogP contribution in [0.4, 0.5) is 5.69 Å². The summed E-state index contributed by atoms with van der Waals surface area (Å²) in [6.07, 6.45) is 0. The maximum atomic E-state index is 14.2. The fourth-order valence-electron chi connectivity index (χ4n) is 5.79. The predicted octanol–water partition coefficient (Wildman–Crippen LogP) is 1.82. The average Bonchev–Trinajstić information content (AvgIpc) is 3.21. The summed E-state index contributed by atoms with van der Waals surface area (Å²) in [4.78, 5) is 20.0. The first-order valence-electron chi connectivity index (χ1n) is 9.72. The molecule has 1 fully saturated rings. The zero-order chi connectivity index (χ0) is 22.1. The van der Waals surface area contributed by atoms with Crippen LogP contribution in [0.1, 0.15) is 11.1 Å². The van der Waals surface area contributed by atoms with E-state index in [0.717, 1.165) is 5.56 Å². The summed E-state index contributed by atoms with van der Waals surface area (Å²) >= 11 is 0. The van der Waals surface area contributed by atoms with Crippen LogP contribution in [0.3, 0.4) is 0 Å². The summed E-state index contributed by atoms with van der Waals surface area (Å²) in [5.41, 5.74) is 3.29. The summed E-state index contributed by atoms with van der Waals surface area (Å²) in [5, 5.41) is 20.8. The largest absolute Gasteiger partial charge is 0.386 e. The molecule has 3 aliphatic rings. The van der Waals surface area contributed by atoms with Gasteiger partial charge in [0.1, 0.15) is 11.3 Å². The van der Waals surface area contributed by atoms with Crippen LogP contribution in [-0.4, -0.2) is 31.9 Å². The Hall–Kier alpha value is -3.72. The minimum atomic E-state index is -1.88. The Morgan fingerprint density at radius 3 is 2.29 bits per heavy atom. The summed E-state index contributed by atoms with van der Waals surface area (Å²) in [5.74, 6) is -2.41. The lowest BCUT2D eigenvalue weighted by molar-refractivity contribution is -0.233. The van der Waals surface area contributed by atoms with Crippen LogP contribution in [0.2, 0.25) is 0 Å². The normalized spacial score (nSPS) is 31.5. The molecule has 1 spiro atoms. The van der Waals surface area contributed by atoms with Crippen LogP contribution >= 0.6 is 0 Å². The number of hydrogen-bond acceptors (Lipinski definition) is 7. The maximum Gasteiger partial charge on any atom is 0.293 e. The van der Waals surface area contributed by atoms with Gasteiger partial charge in [-0.05, 0) is 17.2 Å². The molecule has 2 aromatic rings. The molecule has 2 aromatic carbocycles. The molecule has 2 N–H and O–H groups in total. The monoisotopic (exact) mass is 413 g/mol. The molecule has 0 radical (unpaired) electrons. The second kappa shape index (κ2) is 5.92. The van der Waals surface area contributed by atoms with Crippen LogP contribution in [0.5, 0.6) is 0 Å². The van der Waals surface area contributed by atoms with E-state index < -0.39 is 28.1 Å². The van der Waals surface area contributed by atoms with Gasteiger partial charge in [0, 0.05) is 19.9 Å². The highest BCUT2D eigenvalue weighted by molar-refractivity contribution is 6.21. The molecule has 1 aliphatic carbocycles. The number of hydrogen-bond donors (Lipinski definition) is 1. The summed E-state index contributed by atoms with van der Waals surface area (Å²) in [6.45, 7) is 0.283. The highest BCUT2D eigenvalue weighted by Crippen LogP contribution is 2.87. The van der Waals surface area contributed by atoms with Gasteiger partial charge in [-0.25, -0.2) is 4.99 Å². The van der Waals surface area contributed by atoms with E-state index in [1.54, 1.807) is 17.0 Å². The SMILES string of the molecule is COC1(OC)N=C(N)C2(C#N)C3(C(=O)N(Cc4ccccc4)c4ccccc43)C12C#N. The number of carbonyl (C=O) groups excluding carboxylic acids is 1. The lowest BCUT2D eigenvalue weighted by Gasteiger charge is -2.31. The van der Waals surface area contributed by atoms with Crippen LogP contribution < -0.4 is 10.6 Å². The zero-order valence-corrected chi connectivity index (χ0v) is 17.0. The van der Waals surface area contributed by atoms with Gasteiger partial charge in [0.05, 0.1) is 18.7 Å². The van der Waals surface area contributed by atoms with Crippen LogP contribution in [0, 0.1) is 33.5 Å². The molecule has 2 aliphatic heterocycles. The highest BCUT2D eigenvalue weighted by Gasteiger charge is 3.05. The molecular weight excluding hydrogens is 394 g/mol. The number of amidine groups is 1. The van der Waals surface area contributed by atoms with Crippen molar-refractivity contribution in [2.45, 2.75) is 17.9 Å². The van der Waals surface area contributed by atoms with E-state index in [1.807, 2.05) is 42.5 Å². The van der Waals surface area contributed by atoms with Gasteiger partial charge < -0.3 is 20.1 Å². The third-order valence-electron chi connectivity index (χ3n) is 6.99. The quantitative estimate of drug-likeness (QED) is 0.763. The molecule has 1 saturated carbocycles. The number of nitriles is 2. The Morgan fingerprint density at radius 2 is 1.68 bits per heavy atom. The molecule has 3 atom stereocenters. The Labute approximate surface area is 179 Å². The third kappa shape index (κ3) is 1.67. The molecule has 2 heterocycles. The van der Waals surface area contributed by atoms with Gasteiger partial charge in [-0.3, -0.25) is 4.79 Å². The van der Waals surface area contributed by atoms with Crippen molar-refractivity contribution in [1.29, 1.82) is 10.5 Å².